The lowest BCUT2D eigenvalue weighted by molar-refractivity contribution is 0.101. The third-order valence-electron chi connectivity index (χ3n) is 3.16. The number of aryl methyl sites for hydroxylation is 1. The normalized spacial score (nSPS) is 10.6. The number of amides is 1. The largest absolute Gasteiger partial charge is 0.306 e. The van der Waals surface area contributed by atoms with Crippen LogP contribution in [0.3, 0.4) is 0 Å². The van der Waals surface area contributed by atoms with Gasteiger partial charge < -0.3 is 5.32 Å². The summed E-state index contributed by atoms with van der Waals surface area (Å²) < 4.78 is 28.9. The van der Waals surface area contributed by atoms with Crippen LogP contribution < -0.4 is 5.32 Å². The summed E-state index contributed by atoms with van der Waals surface area (Å²) >= 11 is 0. The van der Waals surface area contributed by atoms with Crippen LogP contribution in [0, 0.1) is 18.6 Å². The molecule has 0 saturated heterocycles. The Labute approximate surface area is 129 Å². The van der Waals surface area contributed by atoms with E-state index in [0.717, 1.165) is 12.1 Å². The molecule has 0 aliphatic heterocycles. The van der Waals surface area contributed by atoms with E-state index in [2.05, 4.69) is 20.3 Å². The Bertz CT molecular complexity index is 858. The SMILES string of the molecule is Cc1nccn1-c1cc(NC(=O)c2c(F)cccc2F)ncn1. The lowest BCUT2D eigenvalue weighted by Crippen LogP contribution is -2.17. The van der Waals surface area contributed by atoms with Crippen LogP contribution in [0.1, 0.15) is 16.2 Å². The Morgan fingerprint density at radius 3 is 2.57 bits per heavy atom. The first-order chi connectivity index (χ1) is 11.1. The highest BCUT2D eigenvalue weighted by Crippen LogP contribution is 2.15. The van der Waals surface area contributed by atoms with Gasteiger partial charge in [0, 0.05) is 18.5 Å². The molecule has 0 fully saturated rings. The van der Waals surface area contributed by atoms with Gasteiger partial charge in [-0.2, -0.15) is 0 Å². The topological polar surface area (TPSA) is 72.7 Å². The van der Waals surface area contributed by atoms with Crippen LogP contribution in [0.15, 0.2) is 43.0 Å². The number of halogens is 2. The highest BCUT2D eigenvalue weighted by atomic mass is 19.1. The minimum absolute atomic E-state index is 0.121. The second-order valence-electron chi connectivity index (χ2n) is 4.66. The second kappa shape index (κ2) is 5.91. The van der Waals surface area contributed by atoms with E-state index in [1.54, 1.807) is 23.9 Å². The maximum Gasteiger partial charge on any atom is 0.262 e. The first-order valence-electron chi connectivity index (χ1n) is 6.64. The van der Waals surface area contributed by atoms with Crippen molar-refractivity contribution in [2.24, 2.45) is 0 Å². The molecule has 0 atom stereocenters. The summed E-state index contributed by atoms with van der Waals surface area (Å²) in [5.74, 6) is -1.52. The zero-order valence-corrected chi connectivity index (χ0v) is 12.0. The maximum atomic E-state index is 13.6. The number of anilines is 1. The molecular formula is C15H11F2N5O. The van der Waals surface area contributed by atoms with Crippen molar-refractivity contribution in [1.82, 2.24) is 19.5 Å². The average Bonchev–Trinajstić information content (AvgIpc) is 2.93. The van der Waals surface area contributed by atoms with E-state index >= 15 is 0 Å². The van der Waals surface area contributed by atoms with Crippen LogP contribution in [0.25, 0.3) is 5.82 Å². The van der Waals surface area contributed by atoms with Crippen LogP contribution >= 0.6 is 0 Å². The van der Waals surface area contributed by atoms with Crippen molar-refractivity contribution >= 4 is 11.7 Å². The summed E-state index contributed by atoms with van der Waals surface area (Å²) in [4.78, 5) is 24.1. The van der Waals surface area contributed by atoms with E-state index in [1.807, 2.05) is 0 Å². The van der Waals surface area contributed by atoms with E-state index < -0.39 is 23.1 Å². The molecule has 0 unspecified atom stereocenters. The van der Waals surface area contributed by atoms with Crippen LogP contribution in [-0.4, -0.2) is 25.4 Å². The van der Waals surface area contributed by atoms with Crippen molar-refractivity contribution in [3.05, 3.63) is 66.0 Å². The fourth-order valence-electron chi connectivity index (χ4n) is 2.06. The third kappa shape index (κ3) is 2.91. The van der Waals surface area contributed by atoms with Crippen molar-refractivity contribution in [2.75, 3.05) is 5.32 Å². The Morgan fingerprint density at radius 2 is 1.91 bits per heavy atom. The number of imidazole rings is 1. The smallest absolute Gasteiger partial charge is 0.262 e. The lowest BCUT2D eigenvalue weighted by Gasteiger charge is -2.08. The predicted molar refractivity (Wildman–Crippen MR) is 78.2 cm³/mol. The van der Waals surface area contributed by atoms with Gasteiger partial charge in [-0.1, -0.05) is 6.07 Å². The Morgan fingerprint density at radius 1 is 1.17 bits per heavy atom. The van der Waals surface area contributed by atoms with E-state index in [0.29, 0.717) is 11.6 Å². The predicted octanol–water partition coefficient (Wildman–Crippen LogP) is 2.50. The van der Waals surface area contributed by atoms with E-state index in [4.69, 9.17) is 0 Å². The van der Waals surface area contributed by atoms with Gasteiger partial charge in [-0.3, -0.25) is 9.36 Å². The molecule has 2 aromatic heterocycles. The van der Waals surface area contributed by atoms with Crippen molar-refractivity contribution in [1.29, 1.82) is 0 Å². The Balaban J connectivity index is 1.89. The van der Waals surface area contributed by atoms with E-state index in [1.165, 1.54) is 18.5 Å². The fraction of sp³-hybridized carbons (Fsp3) is 0.0667. The Hall–Kier alpha value is -3.16. The molecule has 0 bridgehead atoms. The molecule has 6 nitrogen and oxygen atoms in total. The highest BCUT2D eigenvalue weighted by molar-refractivity contribution is 6.04. The van der Waals surface area contributed by atoms with Gasteiger partial charge in [0.15, 0.2) is 0 Å². The van der Waals surface area contributed by atoms with Crippen LogP contribution in [-0.2, 0) is 0 Å². The Kier molecular flexibility index (Phi) is 3.80. The molecule has 1 N–H and O–H groups in total. The van der Waals surface area contributed by atoms with Gasteiger partial charge in [-0.15, -0.1) is 0 Å². The lowest BCUT2D eigenvalue weighted by atomic mass is 10.2. The molecule has 1 amide bonds. The first-order valence-corrected chi connectivity index (χ1v) is 6.64. The van der Waals surface area contributed by atoms with Gasteiger partial charge in [-0.25, -0.2) is 23.7 Å². The molecule has 0 spiro atoms. The zero-order valence-electron chi connectivity index (χ0n) is 12.0. The summed E-state index contributed by atoms with van der Waals surface area (Å²) in [5, 5.41) is 2.36. The van der Waals surface area contributed by atoms with Gasteiger partial charge in [0.1, 0.15) is 41.0 Å². The van der Waals surface area contributed by atoms with Gasteiger partial charge in [0.05, 0.1) is 0 Å². The average molecular weight is 315 g/mol. The van der Waals surface area contributed by atoms with Crippen molar-refractivity contribution in [3.63, 3.8) is 0 Å². The van der Waals surface area contributed by atoms with E-state index in [-0.39, 0.29) is 5.82 Å². The maximum absolute atomic E-state index is 13.6. The monoisotopic (exact) mass is 315 g/mol. The first kappa shape index (κ1) is 14.8. The van der Waals surface area contributed by atoms with Gasteiger partial charge in [-0.05, 0) is 19.1 Å². The van der Waals surface area contributed by atoms with Crippen molar-refractivity contribution < 1.29 is 13.6 Å². The van der Waals surface area contributed by atoms with Gasteiger partial charge >= 0.3 is 0 Å². The minimum atomic E-state index is -0.942. The van der Waals surface area contributed by atoms with E-state index in [9.17, 15) is 13.6 Å². The fourth-order valence-corrected chi connectivity index (χ4v) is 2.06. The third-order valence-corrected chi connectivity index (χ3v) is 3.16. The molecule has 0 aliphatic carbocycles. The summed E-state index contributed by atoms with van der Waals surface area (Å²) in [6, 6.07) is 4.69. The number of aromatic nitrogens is 4. The number of benzene rings is 1. The number of hydrogen-bond donors (Lipinski definition) is 1. The molecule has 2 heterocycles. The molecule has 23 heavy (non-hydrogen) atoms. The van der Waals surface area contributed by atoms with Gasteiger partial charge in [0.2, 0.25) is 0 Å². The summed E-state index contributed by atoms with van der Waals surface area (Å²) in [5.41, 5.74) is -0.661. The minimum Gasteiger partial charge on any atom is -0.306 e. The molecule has 0 aliphatic rings. The molecule has 1 aromatic carbocycles. The molecule has 3 rings (SSSR count). The van der Waals surface area contributed by atoms with Crippen LogP contribution in [0.2, 0.25) is 0 Å². The summed E-state index contributed by atoms with van der Waals surface area (Å²) in [7, 11) is 0. The summed E-state index contributed by atoms with van der Waals surface area (Å²) in [6.45, 7) is 1.79. The zero-order chi connectivity index (χ0) is 16.4. The van der Waals surface area contributed by atoms with Crippen molar-refractivity contribution in [2.45, 2.75) is 6.92 Å². The number of carbonyl (C=O) groups is 1. The molecule has 0 radical (unpaired) electrons. The van der Waals surface area contributed by atoms with Crippen LogP contribution in [0.5, 0.6) is 0 Å². The second-order valence-corrected chi connectivity index (χ2v) is 4.66. The van der Waals surface area contributed by atoms with Crippen LogP contribution in [0.4, 0.5) is 14.6 Å². The standard InChI is InChI=1S/C15H11F2N5O/c1-9-18-5-6-22(9)13-7-12(19-8-20-13)21-15(23)14-10(16)3-2-4-11(14)17/h2-8H,1H3,(H,19,20,21,23). The molecule has 0 saturated carbocycles. The number of hydrogen-bond acceptors (Lipinski definition) is 4. The number of rotatable bonds is 3. The molecular weight excluding hydrogens is 304 g/mol. The number of nitrogens with one attached hydrogen (secondary N) is 1. The number of carbonyl (C=O) groups excluding carboxylic acids is 1. The van der Waals surface area contributed by atoms with Gasteiger partial charge in [0.25, 0.3) is 5.91 Å². The molecule has 8 heteroatoms. The molecule has 116 valence electrons. The summed E-state index contributed by atoms with van der Waals surface area (Å²) in [6.07, 6.45) is 4.53. The molecule has 3 aromatic rings. The highest BCUT2D eigenvalue weighted by Gasteiger charge is 2.17. The quantitative estimate of drug-likeness (QED) is 0.806. The number of nitrogens with zero attached hydrogens (tertiary/aromatic N) is 4. The van der Waals surface area contributed by atoms with Crippen molar-refractivity contribution in [3.8, 4) is 5.82 Å².